The predicted molar refractivity (Wildman–Crippen MR) is 116 cm³/mol. The fourth-order valence-electron chi connectivity index (χ4n) is 3.42. The molecule has 0 saturated carbocycles. The Morgan fingerprint density at radius 3 is 2.53 bits per heavy atom. The fraction of sp³-hybridized carbons (Fsp3) is 0.125. The normalized spacial score (nSPS) is 11.8. The van der Waals surface area contributed by atoms with Gasteiger partial charge in [-0.15, -0.1) is 0 Å². The largest absolute Gasteiger partial charge is 0.423 e. The molecule has 6 nitrogen and oxygen atoms in total. The molecule has 0 spiro atoms. The number of nitrogens with one attached hydrogen (secondary N) is 1. The highest BCUT2D eigenvalue weighted by atomic mass is 16.4. The Hall–Kier alpha value is -3.93. The summed E-state index contributed by atoms with van der Waals surface area (Å²) in [6.45, 7) is 3.97. The van der Waals surface area contributed by atoms with Crippen molar-refractivity contribution in [3.8, 4) is 11.3 Å². The number of carbonyl (C=O) groups excluding carboxylic acids is 1. The van der Waals surface area contributed by atoms with Crippen molar-refractivity contribution >= 4 is 17.6 Å². The Morgan fingerprint density at radius 1 is 1.03 bits per heavy atom. The Labute approximate surface area is 174 Å². The quantitative estimate of drug-likeness (QED) is 0.490. The van der Waals surface area contributed by atoms with E-state index in [0.717, 1.165) is 33.5 Å². The van der Waals surface area contributed by atoms with E-state index >= 15 is 0 Å². The van der Waals surface area contributed by atoms with Crippen LogP contribution in [0.4, 0.5) is 11.7 Å². The number of aryl methyl sites for hydroxylation is 2. The Kier molecular flexibility index (Phi) is 5.30. The van der Waals surface area contributed by atoms with Gasteiger partial charge in [-0.05, 0) is 48.7 Å². The molecule has 30 heavy (non-hydrogen) atoms. The van der Waals surface area contributed by atoms with E-state index in [9.17, 15) is 4.79 Å². The summed E-state index contributed by atoms with van der Waals surface area (Å²) < 4.78 is 5.84. The minimum atomic E-state index is -0.539. The molecule has 1 unspecified atom stereocenters. The van der Waals surface area contributed by atoms with E-state index in [-0.39, 0.29) is 0 Å². The lowest BCUT2D eigenvalue weighted by molar-refractivity contribution is -0.118. The van der Waals surface area contributed by atoms with Crippen molar-refractivity contribution in [3.63, 3.8) is 0 Å². The number of primary amides is 1. The molecule has 0 bridgehead atoms. The number of benzene rings is 2. The van der Waals surface area contributed by atoms with Crippen LogP contribution >= 0.6 is 0 Å². The van der Waals surface area contributed by atoms with Crippen LogP contribution in [0.5, 0.6) is 0 Å². The van der Waals surface area contributed by atoms with Crippen LogP contribution in [0.2, 0.25) is 0 Å². The molecule has 0 radical (unpaired) electrons. The first kappa shape index (κ1) is 19.4. The summed E-state index contributed by atoms with van der Waals surface area (Å²) >= 11 is 0. The summed E-state index contributed by atoms with van der Waals surface area (Å²) in [6.07, 6.45) is 5.07. The van der Waals surface area contributed by atoms with E-state index in [1.807, 2.05) is 68.4 Å². The maximum absolute atomic E-state index is 12.3. The minimum Gasteiger partial charge on any atom is -0.423 e. The molecule has 2 aromatic heterocycles. The number of pyridine rings is 1. The van der Waals surface area contributed by atoms with Crippen LogP contribution in [0.25, 0.3) is 11.3 Å². The van der Waals surface area contributed by atoms with Gasteiger partial charge in [0, 0.05) is 23.6 Å². The van der Waals surface area contributed by atoms with E-state index in [2.05, 4.69) is 15.3 Å². The molecular formula is C24H22N4O2. The van der Waals surface area contributed by atoms with Crippen molar-refractivity contribution in [2.75, 3.05) is 5.32 Å². The van der Waals surface area contributed by atoms with Gasteiger partial charge in [-0.1, -0.05) is 42.0 Å². The molecule has 4 rings (SSSR count). The molecule has 2 aromatic carbocycles. The number of carbonyl (C=O) groups is 1. The monoisotopic (exact) mass is 398 g/mol. The smallest absolute Gasteiger partial charge is 0.299 e. The first-order valence-corrected chi connectivity index (χ1v) is 9.61. The van der Waals surface area contributed by atoms with Crippen LogP contribution in [0.15, 0.2) is 77.6 Å². The number of nitrogens with two attached hydrogens (primary N) is 1. The summed E-state index contributed by atoms with van der Waals surface area (Å²) in [4.78, 5) is 20.6. The van der Waals surface area contributed by atoms with Gasteiger partial charge >= 0.3 is 0 Å². The van der Waals surface area contributed by atoms with Crippen LogP contribution in [0, 0.1) is 13.8 Å². The molecule has 1 atom stereocenters. The molecule has 150 valence electrons. The van der Waals surface area contributed by atoms with Crippen LogP contribution in [0.1, 0.15) is 28.2 Å². The molecule has 6 heteroatoms. The van der Waals surface area contributed by atoms with Crippen LogP contribution in [-0.2, 0) is 4.79 Å². The maximum Gasteiger partial charge on any atom is 0.299 e. The van der Waals surface area contributed by atoms with Crippen LogP contribution < -0.4 is 11.1 Å². The average molecular weight is 398 g/mol. The van der Waals surface area contributed by atoms with E-state index in [0.29, 0.717) is 11.8 Å². The number of rotatable bonds is 6. The first-order chi connectivity index (χ1) is 14.5. The van der Waals surface area contributed by atoms with Gasteiger partial charge in [0.1, 0.15) is 0 Å². The number of nitrogens with zero attached hydrogens (tertiary/aromatic N) is 2. The molecule has 4 aromatic rings. The van der Waals surface area contributed by atoms with Crippen molar-refractivity contribution in [2.24, 2.45) is 5.73 Å². The van der Waals surface area contributed by atoms with Gasteiger partial charge in [0.15, 0.2) is 5.76 Å². The second-order valence-corrected chi connectivity index (χ2v) is 7.21. The second-order valence-electron chi connectivity index (χ2n) is 7.21. The molecule has 0 fully saturated rings. The van der Waals surface area contributed by atoms with Crippen LogP contribution in [0.3, 0.4) is 0 Å². The van der Waals surface area contributed by atoms with Crippen molar-refractivity contribution in [3.05, 3.63) is 95.4 Å². The second kappa shape index (κ2) is 8.21. The van der Waals surface area contributed by atoms with Gasteiger partial charge in [0.05, 0.1) is 12.1 Å². The highest BCUT2D eigenvalue weighted by Gasteiger charge is 2.21. The third-order valence-corrected chi connectivity index (χ3v) is 4.97. The number of hydrogen-bond donors (Lipinski definition) is 2. The zero-order valence-corrected chi connectivity index (χ0v) is 16.8. The standard InChI is InChI=1S/C24H22N4O2/c1-15-4-3-5-18(12-15)22(23(25)29)19-7-6-16(2)20(13-19)28-24-27-14-21(30-24)17-8-10-26-11-9-17/h3-14,22H,1-2H3,(H2,25,29)(H,27,28). The SMILES string of the molecule is Cc1cccc(C(C(N)=O)c2ccc(C)c(Nc3ncc(-c4ccncc4)o3)c2)c1. The fourth-order valence-corrected chi connectivity index (χ4v) is 3.42. The van der Waals surface area contributed by atoms with Crippen molar-refractivity contribution in [2.45, 2.75) is 19.8 Å². The van der Waals surface area contributed by atoms with E-state index in [1.165, 1.54) is 0 Å². The summed E-state index contributed by atoms with van der Waals surface area (Å²) in [6, 6.07) is 17.7. The number of oxazole rings is 1. The number of aromatic nitrogens is 2. The minimum absolute atomic E-state index is 0.369. The van der Waals surface area contributed by atoms with E-state index in [4.69, 9.17) is 10.2 Å². The van der Waals surface area contributed by atoms with Gasteiger partial charge in [-0.3, -0.25) is 9.78 Å². The van der Waals surface area contributed by atoms with Crippen LogP contribution in [-0.4, -0.2) is 15.9 Å². The van der Waals surface area contributed by atoms with Gasteiger partial charge < -0.3 is 15.5 Å². The topological polar surface area (TPSA) is 94.0 Å². The molecular weight excluding hydrogens is 376 g/mol. The highest BCUT2D eigenvalue weighted by molar-refractivity contribution is 5.86. The van der Waals surface area contributed by atoms with E-state index < -0.39 is 11.8 Å². The zero-order valence-electron chi connectivity index (χ0n) is 16.8. The third kappa shape index (κ3) is 4.07. The molecule has 0 saturated heterocycles. The predicted octanol–water partition coefficient (Wildman–Crippen LogP) is 4.71. The number of hydrogen-bond acceptors (Lipinski definition) is 5. The maximum atomic E-state index is 12.3. The van der Waals surface area contributed by atoms with E-state index in [1.54, 1.807) is 18.6 Å². The number of amides is 1. The van der Waals surface area contributed by atoms with Gasteiger partial charge in [-0.25, -0.2) is 4.98 Å². The molecule has 2 heterocycles. The molecule has 0 aliphatic heterocycles. The van der Waals surface area contributed by atoms with Gasteiger partial charge in [-0.2, -0.15) is 0 Å². The highest BCUT2D eigenvalue weighted by Crippen LogP contribution is 2.31. The lowest BCUT2D eigenvalue weighted by Crippen LogP contribution is -2.22. The Morgan fingerprint density at radius 2 is 1.80 bits per heavy atom. The summed E-state index contributed by atoms with van der Waals surface area (Å²) in [5.41, 5.74) is 11.2. The summed E-state index contributed by atoms with van der Waals surface area (Å²) in [7, 11) is 0. The first-order valence-electron chi connectivity index (χ1n) is 9.61. The lowest BCUT2D eigenvalue weighted by Gasteiger charge is -2.17. The van der Waals surface area contributed by atoms with Gasteiger partial charge in [0.25, 0.3) is 6.01 Å². The number of anilines is 2. The zero-order chi connectivity index (χ0) is 21.1. The van der Waals surface area contributed by atoms with Crippen molar-refractivity contribution < 1.29 is 9.21 Å². The van der Waals surface area contributed by atoms with Gasteiger partial charge in [0.2, 0.25) is 5.91 Å². The summed E-state index contributed by atoms with van der Waals surface area (Å²) in [5.74, 6) is -0.294. The Balaban J connectivity index is 1.65. The molecule has 3 N–H and O–H groups in total. The van der Waals surface area contributed by atoms with Crippen molar-refractivity contribution in [1.29, 1.82) is 0 Å². The average Bonchev–Trinajstić information content (AvgIpc) is 3.20. The summed E-state index contributed by atoms with van der Waals surface area (Å²) in [5, 5.41) is 3.21. The van der Waals surface area contributed by atoms with Crippen molar-refractivity contribution in [1.82, 2.24) is 9.97 Å². The molecule has 1 amide bonds. The third-order valence-electron chi connectivity index (χ3n) is 4.97. The molecule has 0 aliphatic rings. The molecule has 0 aliphatic carbocycles. The lowest BCUT2D eigenvalue weighted by atomic mass is 9.89. The Bertz CT molecular complexity index is 1180.